The smallest absolute Gasteiger partial charge is 0.326 e. The van der Waals surface area contributed by atoms with Gasteiger partial charge in [0.1, 0.15) is 12.4 Å². The Morgan fingerprint density at radius 2 is 1.90 bits per heavy atom. The van der Waals surface area contributed by atoms with Crippen LogP contribution in [0.25, 0.3) is 0 Å². The Balaban J connectivity index is 3.26. The zero-order valence-corrected chi connectivity index (χ0v) is 11.8. The first-order valence-electron chi connectivity index (χ1n) is 5.20. The predicted octanol–water partition coefficient (Wildman–Crippen LogP) is 2.12. The van der Waals surface area contributed by atoms with Crippen molar-refractivity contribution in [1.29, 1.82) is 0 Å². The molecule has 0 fully saturated rings. The second-order valence-electron chi connectivity index (χ2n) is 3.96. The van der Waals surface area contributed by atoms with E-state index >= 15 is 0 Å². The van der Waals surface area contributed by atoms with Crippen molar-refractivity contribution in [3.63, 3.8) is 0 Å². The van der Waals surface area contributed by atoms with E-state index in [-0.39, 0.29) is 21.4 Å². The minimum absolute atomic E-state index is 0.00866. The number of nitrogens with two attached hydrogens (primary N) is 1. The summed E-state index contributed by atoms with van der Waals surface area (Å²) in [6, 6.07) is 1.51. The van der Waals surface area contributed by atoms with Crippen LogP contribution in [0.4, 0.5) is 17.6 Å². The second kappa shape index (κ2) is 5.84. The Morgan fingerprint density at radius 3 is 2.35 bits per heavy atom. The predicted molar refractivity (Wildman–Crippen MR) is 65.2 cm³/mol. The highest BCUT2D eigenvalue weighted by Crippen LogP contribution is 2.27. The van der Waals surface area contributed by atoms with Gasteiger partial charge in [0.15, 0.2) is 0 Å². The average Bonchev–Trinajstić information content (AvgIpc) is 2.30. The van der Waals surface area contributed by atoms with Gasteiger partial charge in [-0.05, 0) is 17.7 Å². The van der Waals surface area contributed by atoms with E-state index in [1.807, 2.05) is 0 Å². The van der Waals surface area contributed by atoms with E-state index in [0.29, 0.717) is 6.07 Å². The number of halogens is 5. The van der Waals surface area contributed by atoms with Crippen LogP contribution in [0.3, 0.4) is 0 Å². The molecular weight excluding hydrogens is 324 g/mol. The molecule has 0 atom stereocenters. The Kier molecular flexibility index (Phi) is 5.01. The lowest BCUT2D eigenvalue weighted by molar-refractivity contribution is -0.134. The first kappa shape index (κ1) is 17.2. The van der Waals surface area contributed by atoms with Gasteiger partial charge in [-0.25, -0.2) is 12.8 Å². The SMILES string of the molecule is CN(CC(F)(F)F)S(=O)(=O)c1cc(F)c(Cl)c(CN)c1. The van der Waals surface area contributed by atoms with Crippen LogP contribution in [-0.4, -0.2) is 32.5 Å². The van der Waals surface area contributed by atoms with E-state index in [0.717, 1.165) is 13.1 Å². The monoisotopic (exact) mass is 334 g/mol. The molecule has 0 heterocycles. The zero-order chi connectivity index (χ0) is 15.7. The molecule has 1 rings (SSSR count). The minimum Gasteiger partial charge on any atom is -0.326 e. The highest BCUT2D eigenvalue weighted by molar-refractivity contribution is 7.89. The molecule has 0 aromatic heterocycles. The normalized spacial score (nSPS) is 13.0. The zero-order valence-electron chi connectivity index (χ0n) is 10.2. The Labute approximate surface area is 118 Å². The van der Waals surface area contributed by atoms with Gasteiger partial charge in [0, 0.05) is 13.6 Å². The third kappa shape index (κ3) is 3.81. The molecule has 2 N–H and O–H groups in total. The lowest BCUT2D eigenvalue weighted by atomic mass is 10.2. The molecule has 0 saturated heterocycles. The Morgan fingerprint density at radius 1 is 1.35 bits per heavy atom. The first-order valence-corrected chi connectivity index (χ1v) is 7.02. The van der Waals surface area contributed by atoms with Gasteiger partial charge in [-0.2, -0.15) is 17.5 Å². The number of hydrogen-bond acceptors (Lipinski definition) is 3. The van der Waals surface area contributed by atoms with Gasteiger partial charge in [0.2, 0.25) is 10.0 Å². The number of benzene rings is 1. The van der Waals surface area contributed by atoms with Crippen LogP contribution >= 0.6 is 11.6 Å². The third-order valence-corrected chi connectivity index (χ3v) is 4.61. The average molecular weight is 335 g/mol. The molecule has 1 aromatic carbocycles. The van der Waals surface area contributed by atoms with Gasteiger partial charge in [0.05, 0.1) is 9.92 Å². The summed E-state index contributed by atoms with van der Waals surface area (Å²) in [5.41, 5.74) is 5.26. The summed E-state index contributed by atoms with van der Waals surface area (Å²) >= 11 is 5.56. The molecule has 0 radical (unpaired) electrons. The molecule has 0 saturated carbocycles. The van der Waals surface area contributed by atoms with Crippen molar-refractivity contribution in [2.75, 3.05) is 13.6 Å². The van der Waals surface area contributed by atoms with E-state index in [9.17, 15) is 26.0 Å². The molecule has 0 spiro atoms. The molecule has 0 aliphatic carbocycles. The molecule has 1 aromatic rings. The molecule has 0 aliphatic rings. The van der Waals surface area contributed by atoms with E-state index in [1.165, 1.54) is 0 Å². The number of alkyl halides is 3. The van der Waals surface area contributed by atoms with E-state index in [4.69, 9.17) is 17.3 Å². The van der Waals surface area contributed by atoms with Crippen LogP contribution < -0.4 is 5.73 Å². The quantitative estimate of drug-likeness (QED) is 0.858. The number of nitrogens with zero attached hydrogens (tertiary/aromatic N) is 1. The van der Waals surface area contributed by atoms with E-state index < -0.39 is 33.5 Å². The van der Waals surface area contributed by atoms with E-state index in [1.54, 1.807) is 0 Å². The summed E-state index contributed by atoms with van der Waals surface area (Å²) in [7, 11) is -3.74. The second-order valence-corrected chi connectivity index (χ2v) is 6.38. The lowest BCUT2D eigenvalue weighted by Gasteiger charge is -2.19. The highest BCUT2D eigenvalue weighted by Gasteiger charge is 2.35. The topological polar surface area (TPSA) is 63.4 Å². The first-order chi connectivity index (χ1) is 8.99. The van der Waals surface area contributed by atoms with Crippen molar-refractivity contribution < 1.29 is 26.0 Å². The maximum Gasteiger partial charge on any atom is 0.402 e. The minimum atomic E-state index is -4.70. The molecule has 4 nitrogen and oxygen atoms in total. The maximum absolute atomic E-state index is 13.5. The maximum atomic E-state index is 13.5. The number of sulfonamides is 1. The summed E-state index contributed by atoms with van der Waals surface area (Å²) in [5.74, 6) is -1.06. The standard InChI is InChI=1S/C10H11ClF4N2O2S/c1-17(5-10(13,14)15)20(18,19)7-2-6(4-16)9(11)8(12)3-7/h2-3H,4-5,16H2,1H3. The third-order valence-electron chi connectivity index (χ3n) is 2.41. The number of rotatable bonds is 4. The van der Waals surface area contributed by atoms with Crippen molar-refractivity contribution in [2.24, 2.45) is 5.73 Å². The van der Waals surface area contributed by atoms with Gasteiger partial charge in [-0.1, -0.05) is 11.6 Å². The molecule has 114 valence electrons. The lowest BCUT2D eigenvalue weighted by Crippen LogP contribution is -2.35. The fourth-order valence-corrected chi connectivity index (χ4v) is 2.84. The molecule has 0 aliphatic heterocycles. The molecular formula is C10H11ClF4N2O2S. The van der Waals surface area contributed by atoms with Gasteiger partial charge in [0.25, 0.3) is 0 Å². The van der Waals surface area contributed by atoms with Crippen LogP contribution in [0.2, 0.25) is 5.02 Å². The highest BCUT2D eigenvalue weighted by atomic mass is 35.5. The van der Waals surface area contributed by atoms with Gasteiger partial charge in [-0.3, -0.25) is 0 Å². The molecule has 20 heavy (non-hydrogen) atoms. The van der Waals surface area contributed by atoms with Gasteiger partial charge < -0.3 is 5.73 Å². The van der Waals surface area contributed by atoms with Crippen molar-refractivity contribution in [2.45, 2.75) is 17.6 Å². The summed E-state index contributed by atoms with van der Waals surface area (Å²) in [5, 5.41) is -0.357. The fraction of sp³-hybridized carbons (Fsp3) is 0.400. The molecule has 0 amide bonds. The van der Waals surface area contributed by atoms with Crippen molar-refractivity contribution in [3.05, 3.63) is 28.5 Å². The van der Waals surface area contributed by atoms with Crippen LogP contribution in [0, 0.1) is 5.82 Å². The van der Waals surface area contributed by atoms with Crippen LogP contribution in [-0.2, 0) is 16.6 Å². The number of hydrogen-bond donors (Lipinski definition) is 1. The Hall–Kier alpha value is -0.900. The summed E-state index contributed by atoms with van der Waals surface area (Å²) in [6.07, 6.45) is -4.70. The summed E-state index contributed by atoms with van der Waals surface area (Å²) in [6.45, 7) is -1.93. The van der Waals surface area contributed by atoms with Crippen LogP contribution in [0.1, 0.15) is 5.56 Å². The van der Waals surface area contributed by atoms with Gasteiger partial charge in [-0.15, -0.1) is 0 Å². The Bertz CT molecular complexity index is 604. The largest absolute Gasteiger partial charge is 0.402 e. The summed E-state index contributed by atoms with van der Waals surface area (Å²) in [4.78, 5) is -0.633. The fourth-order valence-electron chi connectivity index (χ4n) is 1.43. The van der Waals surface area contributed by atoms with Crippen molar-refractivity contribution in [1.82, 2.24) is 4.31 Å². The van der Waals surface area contributed by atoms with Crippen LogP contribution in [0.15, 0.2) is 17.0 Å². The molecule has 0 unspecified atom stereocenters. The van der Waals surface area contributed by atoms with Crippen LogP contribution in [0.5, 0.6) is 0 Å². The van der Waals surface area contributed by atoms with Gasteiger partial charge >= 0.3 is 6.18 Å². The molecule has 0 bridgehead atoms. The molecule has 10 heteroatoms. The van der Waals surface area contributed by atoms with Crippen molar-refractivity contribution >= 4 is 21.6 Å². The van der Waals surface area contributed by atoms with Crippen molar-refractivity contribution in [3.8, 4) is 0 Å². The summed E-state index contributed by atoms with van der Waals surface area (Å²) < 4.78 is 74.0. The van der Waals surface area contributed by atoms with E-state index in [2.05, 4.69) is 0 Å².